The van der Waals surface area contributed by atoms with Crippen molar-refractivity contribution >= 4 is 0 Å². The minimum absolute atomic E-state index is 0.142. The van der Waals surface area contributed by atoms with E-state index in [0.29, 0.717) is 6.61 Å². The zero-order chi connectivity index (χ0) is 14.4. The number of likely N-dealkylation sites (N-methyl/N-ethyl adjacent to an activating group) is 1. The van der Waals surface area contributed by atoms with Crippen molar-refractivity contribution in [2.24, 2.45) is 0 Å². The molecule has 0 saturated carbocycles. The van der Waals surface area contributed by atoms with Gasteiger partial charge in [-0.25, -0.2) is 4.39 Å². The van der Waals surface area contributed by atoms with Gasteiger partial charge in [0, 0.05) is 11.6 Å². The van der Waals surface area contributed by atoms with Crippen molar-refractivity contribution in [2.75, 3.05) is 13.7 Å². The minimum atomic E-state index is -0.204. The predicted molar refractivity (Wildman–Crippen MR) is 79.5 cm³/mol. The van der Waals surface area contributed by atoms with Gasteiger partial charge in [-0.1, -0.05) is 30.3 Å². The van der Waals surface area contributed by atoms with Gasteiger partial charge in [0.1, 0.15) is 11.6 Å². The summed E-state index contributed by atoms with van der Waals surface area (Å²) in [7, 11) is 1.93. The van der Waals surface area contributed by atoms with Crippen LogP contribution in [0.1, 0.15) is 24.1 Å². The smallest absolute Gasteiger partial charge is 0.124 e. The highest BCUT2D eigenvalue weighted by molar-refractivity contribution is 5.37. The molecule has 2 rings (SSSR count). The molecule has 2 aromatic rings. The number of ether oxygens (including phenoxy) is 1. The van der Waals surface area contributed by atoms with Crippen molar-refractivity contribution in [1.29, 1.82) is 0 Å². The van der Waals surface area contributed by atoms with Crippen LogP contribution in [0.3, 0.4) is 0 Å². The third-order valence-corrected chi connectivity index (χ3v) is 3.30. The molecule has 0 heterocycles. The molecule has 2 nitrogen and oxygen atoms in total. The van der Waals surface area contributed by atoms with Gasteiger partial charge in [0.25, 0.3) is 0 Å². The molecule has 1 unspecified atom stereocenters. The van der Waals surface area contributed by atoms with E-state index in [1.54, 1.807) is 0 Å². The summed E-state index contributed by atoms with van der Waals surface area (Å²) in [6, 6.07) is 14.8. The second-order valence-corrected chi connectivity index (χ2v) is 4.64. The Morgan fingerprint density at radius 1 is 1.10 bits per heavy atom. The molecule has 1 atom stereocenters. The fourth-order valence-electron chi connectivity index (χ4n) is 2.28. The SMILES string of the molecule is CCOc1ccccc1C(Cc1ccc(F)cc1)NC. The van der Waals surface area contributed by atoms with Crippen LogP contribution in [-0.2, 0) is 6.42 Å². The molecule has 0 saturated heterocycles. The van der Waals surface area contributed by atoms with E-state index < -0.39 is 0 Å². The summed E-state index contributed by atoms with van der Waals surface area (Å²) in [5.74, 6) is 0.695. The zero-order valence-electron chi connectivity index (χ0n) is 11.9. The molecule has 0 aliphatic rings. The van der Waals surface area contributed by atoms with Crippen molar-refractivity contribution in [3.8, 4) is 5.75 Å². The first kappa shape index (κ1) is 14.5. The maximum absolute atomic E-state index is 13.0. The second-order valence-electron chi connectivity index (χ2n) is 4.64. The van der Waals surface area contributed by atoms with Gasteiger partial charge < -0.3 is 10.1 Å². The average Bonchev–Trinajstić information content (AvgIpc) is 2.48. The highest BCUT2D eigenvalue weighted by atomic mass is 19.1. The Kier molecular flexibility index (Phi) is 5.13. The molecule has 0 aromatic heterocycles. The Hall–Kier alpha value is -1.87. The third kappa shape index (κ3) is 3.58. The van der Waals surface area contributed by atoms with Crippen LogP contribution in [0.5, 0.6) is 5.75 Å². The van der Waals surface area contributed by atoms with Gasteiger partial charge in [0.15, 0.2) is 0 Å². The fraction of sp³-hybridized carbons (Fsp3) is 0.294. The number of benzene rings is 2. The van der Waals surface area contributed by atoms with Crippen molar-refractivity contribution in [2.45, 2.75) is 19.4 Å². The molecule has 1 N–H and O–H groups in total. The van der Waals surface area contributed by atoms with E-state index in [1.807, 2.05) is 44.3 Å². The van der Waals surface area contributed by atoms with E-state index in [1.165, 1.54) is 12.1 Å². The van der Waals surface area contributed by atoms with Gasteiger partial charge in [-0.05, 0) is 44.2 Å². The lowest BCUT2D eigenvalue weighted by atomic mass is 9.98. The summed E-state index contributed by atoms with van der Waals surface area (Å²) in [6.45, 7) is 2.62. The Bertz CT molecular complexity index is 539. The largest absolute Gasteiger partial charge is 0.494 e. The van der Waals surface area contributed by atoms with Crippen LogP contribution in [0.15, 0.2) is 48.5 Å². The molecule has 0 bridgehead atoms. The van der Waals surface area contributed by atoms with Crippen LogP contribution in [-0.4, -0.2) is 13.7 Å². The standard InChI is InChI=1S/C17H20FNO/c1-3-20-17-7-5-4-6-15(17)16(19-2)12-13-8-10-14(18)11-9-13/h4-11,16,19H,3,12H2,1-2H3. The maximum Gasteiger partial charge on any atom is 0.124 e. The number of hydrogen-bond donors (Lipinski definition) is 1. The van der Waals surface area contributed by atoms with Crippen LogP contribution in [0.4, 0.5) is 4.39 Å². The van der Waals surface area contributed by atoms with Crippen LogP contribution in [0.2, 0.25) is 0 Å². The van der Waals surface area contributed by atoms with E-state index in [-0.39, 0.29) is 11.9 Å². The van der Waals surface area contributed by atoms with Crippen LogP contribution in [0.25, 0.3) is 0 Å². The van der Waals surface area contributed by atoms with Gasteiger partial charge >= 0.3 is 0 Å². The maximum atomic E-state index is 13.0. The first-order valence-electron chi connectivity index (χ1n) is 6.88. The molecule has 0 fully saturated rings. The van der Waals surface area contributed by atoms with Crippen LogP contribution >= 0.6 is 0 Å². The highest BCUT2D eigenvalue weighted by Gasteiger charge is 2.14. The summed E-state index contributed by atoms with van der Waals surface area (Å²) >= 11 is 0. The van der Waals surface area contributed by atoms with Gasteiger partial charge in [-0.2, -0.15) is 0 Å². The van der Waals surface area contributed by atoms with Gasteiger partial charge in [0.05, 0.1) is 6.61 Å². The summed E-state index contributed by atoms with van der Waals surface area (Å²) in [5.41, 5.74) is 2.22. The van der Waals surface area contributed by atoms with E-state index in [4.69, 9.17) is 4.74 Å². The lowest BCUT2D eigenvalue weighted by Gasteiger charge is -2.20. The quantitative estimate of drug-likeness (QED) is 0.866. The molecule has 0 aliphatic carbocycles. The van der Waals surface area contributed by atoms with Gasteiger partial charge in [-0.15, -0.1) is 0 Å². The molecule has 0 spiro atoms. The second kappa shape index (κ2) is 7.06. The van der Waals surface area contributed by atoms with Crippen molar-refractivity contribution in [1.82, 2.24) is 5.32 Å². The monoisotopic (exact) mass is 273 g/mol. The summed E-state index contributed by atoms with van der Waals surface area (Å²) < 4.78 is 18.6. The minimum Gasteiger partial charge on any atom is -0.494 e. The normalized spacial score (nSPS) is 12.2. The molecular formula is C17H20FNO. The summed E-state index contributed by atoms with van der Waals surface area (Å²) in [5, 5.41) is 3.31. The van der Waals surface area contributed by atoms with Crippen LogP contribution < -0.4 is 10.1 Å². The third-order valence-electron chi connectivity index (χ3n) is 3.30. The number of rotatable bonds is 6. The molecule has 106 valence electrons. The topological polar surface area (TPSA) is 21.3 Å². The molecule has 0 aliphatic heterocycles. The van der Waals surface area contributed by atoms with E-state index in [9.17, 15) is 4.39 Å². The van der Waals surface area contributed by atoms with E-state index in [2.05, 4.69) is 11.4 Å². The number of halogens is 1. The molecule has 0 amide bonds. The van der Waals surface area contributed by atoms with Crippen molar-refractivity contribution in [3.05, 3.63) is 65.5 Å². The highest BCUT2D eigenvalue weighted by Crippen LogP contribution is 2.27. The Morgan fingerprint density at radius 2 is 1.80 bits per heavy atom. The predicted octanol–water partition coefficient (Wildman–Crippen LogP) is 3.73. The average molecular weight is 273 g/mol. The molecule has 2 aromatic carbocycles. The Balaban J connectivity index is 2.21. The lowest BCUT2D eigenvalue weighted by molar-refractivity contribution is 0.332. The van der Waals surface area contributed by atoms with Gasteiger partial charge in [-0.3, -0.25) is 0 Å². The number of hydrogen-bond acceptors (Lipinski definition) is 2. The first-order valence-corrected chi connectivity index (χ1v) is 6.88. The van der Waals surface area contributed by atoms with Gasteiger partial charge in [0.2, 0.25) is 0 Å². The Labute approximate surface area is 119 Å². The van der Waals surface area contributed by atoms with Crippen molar-refractivity contribution in [3.63, 3.8) is 0 Å². The number of para-hydroxylation sites is 1. The zero-order valence-corrected chi connectivity index (χ0v) is 11.9. The number of nitrogens with one attached hydrogen (secondary N) is 1. The molecule has 0 radical (unpaired) electrons. The van der Waals surface area contributed by atoms with Crippen LogP contribution in [0, 0.1) is 5.82 Å². The lowest BCUT2D eigenvalue weighted by Crippen LogP contribution is -2.19. The van der Waals surface area contributed by atoms with E-state index >= 15 is 0 Å². The fourth-order valence-corrected chi connectivity index (χ4v) is 2.28. The Morgan fingerprint density at radius 3 is 2.45 bits per heavy atom. The molecule has 3 heteroatoms. The summed E-state index contributed by atoms with van der Waals surface area (Å²) in [6.07, 6.45) is 0.793. The molecular weight excluding hydrogens is 253 g/mol. The van der Waals surface area contributed by atoms with E-state index in [0.717, 1.165) is 23.3 Å². The summed E-state index contributed by atoms with van der Waals surface area (Å²) in [4.78, 5) is 0. The van der Waals surface area contributed by atoms with Crippen molar-refractivity contribution < 1.29 is 9.13 Å². The molecule has 20 heavy (non-hydrogen) atoms. The first-order chi connectivity index (χ1) is 9.74.